The Balaban J connectivity index is 4.60. The van der Waals surface area contributed by atoms with E-state index in [9.17, 15) is 9.59 Å². The first-order chi connectivity index (χ1) is 9.20. The molecule has 1 atom stereocenters. The van der Waals surface area contributed by atoms with Crippen molar-refractivity contribution in [1.82, 2.24) is 10.2 Å². The average molecular weight is 286 g/mol. The molecule has 20 heavy (non-hydrogen) atoms. The van der Waals surface area contributed by atoms with Gasteiger partial charge in [0.25, 0.3) is 0 Å². The van der Waals surface area contributed by atoms with Crippen LogP contribution in [0.2, 0.25) is 0 Å². The first kappa shape index (κ1) is 18.9. The molecule has 1 amide bonds. The molecule has 0 aromatic carbocycles. The molecule has 5 heteroatoms. The minimum absolute atomic E-state index is 0.00709. The van der Waals surface area contributed by atoms with Gasteiger partial charge in [-0.05, 0) is 40.0 Å². The van der Waals surface area contributed by atoms with E-state index in [-0.39, 0.29) is 30.5 Å². The van der Waals surface area contributed by atoms with Gasteiger partial charge in [-0.1, -0.05) is 13.8 Å². The predicted molar refractivity (Wildman–Crippen MR) is 80.4 cm³/mol. The molecule has 5 nitrogen and oxygen atoms in total. The maximum atomic E-state index is 12.2. The van der Waals surface area contributed by atoms with Crippen LogP contribution in [-0.2, 0) is 14.3 Å². The van der Waals surface area contributed by atoms with Crippen LogP contribution in [0.5, 0.6) is 0 Å². The lowest BCUT2D eigenvalue weighted by molar-refractivity contribution is -0.144. The van der Waals surface area contributed by atoms with Crippen molar-refractivity contribution in [2.45, 2.75) is 66.1 Å². The van der Waals surface area contributed by atoms with Crippen molar-refractivity contribution in [3.63, 3.8) is 0 Å². The smallest absolute Gasteiger partial charge is 0.322 e. The Hall–Kier alpha value is -1.10. The normalized spacial score (nSPS) is 12.9. The van der Waals surface area contributed by atoms with Gasteiger partial charge in [0.05, 0.1) is 13.7 Å². The summed E-state index contributed by atoms with van der Waals surface area (Å²) in [6.45, 7) is 12.2. The highest BCUT2D eigenvalue weighted by Gasteiger charge is 2.24. The Morgan fingerprint density at radius 2 is 1.55 bits per heavy atom. The minimum Gasteiger partial charge on any atom is -0.468 e. The fourth-order valence-corrected chi connectivity index (χ4v) is 2.35. The van der Waals surface area contributed by atoms with Crippen molar-refractivity contribution in [3.8, 4) is 0 Å². The van der Waals surface area contributed by atoms with Crippen LogP contribution in [-0.4, -0.2) is 48.6 Å². The quantitative estimate of drug-likeness (QED) is 0.691. The van der Waals surface area contributed by atoms with Crippen molar-refractivity contribution in [2.75, 3.05) is 13.7 Å². The summed E-state index contributed by atoms with van der Waals surface area (Å²) >= 11 is 0. The van der Waals surface area contributed by atoms with E-state index in [1.54, 1.807) is 0 Å². The second kappa shape index (κ2) is 8.95. The number of esters is 1. The number of ether oxygens (including phenoxy) is 1. The summed E-state index contributed by atoms with van der Waals surface area (Å²) in [5, 5.41) is 3.03. The Morgan fingerprint density at radius 1 is 1.05 bits per heavy atom. The molecule has 0 aromatic rings. The third kappa shape index (κ3) is 6.37. The van der Waals surface area contributed by atoms with Crippen molar-refractivity contribution in [1.29, 1.82) is 0 Å². The third-order valence-electron chi connectivity index (χ3n) is 3.09. The first-order valence-electron chi connectivity index (χ1n) is 7.33. The molecule has 0 spiro atoms. The van der Waals surface area contributed by atoms with E-state index >= 15 is 0 Å². The highest BCUT2D eigenvalue weighted by molar-refractivity contribution is 5.81. The lowest BCUT2D eigenvalue weighted by Gasteiger charge is -2.31. The van der Waals surface area contributed by atoms with E-state index in [2.05, 4.69) is 5.32 Å². The van der Waals surface area contributed by atoms with Gasteiger partial charge in [0.2, 0.25) is 5.91 Å². The van der Waals surface area contributed by atoms with Crippen molar-refractivity contribution in [3.05, 3.63) is 0 Å². The van der Waals surface area contributed by atoms with Crippen LogP contribution >= 0.6 is 0 Å². The largest absolute Gasteiger partial charge is 0.468 e. The molecule has 0 saturated heterocycles. The lowest BCUT2D eigenvalue weighted by Crippen LogP contribution is -2.49. The average Bonchev–Trinajstić information content (AvgIpc) is 2.31. The molecule has 0 rings (SSSR count). The maximum absolute atomic E-state index is 12.2. The molecule has 1 unspecified atom stereocenters. The minimum atomic E-state index is -0.426. The Kier molecular flexibility index (Phi) is 8.46. The summed E-state index contributed by atoms with van der Waals surface area (Å²) in [4.78, 5) is 25.7. The number of methoxy groups -OCH3 is 1. The van der Waals surface area contributed by atoms with E-state index in [0.29, 0.717) is 12.3 Å². The van der Waals surface area contributed by atoms with Gasteiger partial charge < -0.3 is 9.64 Å². The van der Waals surface area contributed by atoms with Crippen LogP contribution in [0.4, 0.5) is 0 Å². The monoisotopic (exact) mass is 286 g/mol. The molecule has 0 aliphatic rings. The summed E-state index contributed by atoms with van der Waals surface area (Å²) in [5.41, 5.74) is 0. The fraction of sp³-hybridized carbons (Fsp3) is 0.867. The van der Waals surface area contributed by atoms with Gasteiger partial charge in [0.15, 0.2) is 0 Å². The van der Waals surface area contributed by atoms with Crippen LogP contribution in [0, 0.1) is 5.92 Å². The zero-order chi connectivity index (χ0) is 15.9. The van der Waals surface area contributed by atoms with Gasteiger partial charge in [0, 0.05) is 12.1 Å². The number of carbonyl (C=O) groups excluding carboxylic acids is 2. The Bertz CT molecular complexity index is 306. The summed E-state index contributed by atoms with van der Waals surface area (Å²) in [5.74, 6) is 0.0489. The molecule has 0 aromatic heterocycles. The second-order valence-electron chi connectivity index (χ2n) is 6.07. The van der Waals surface area contributed by atoms with Gasteiger partial charge in [-0.3, -0.25) is 14.9 Å². The number of nitrogens with zero attached hydrogens (tertiary/aromatic N) is 1. The zero-order valence-electron chi connectivity index (χ0n) is 13.9. The number of hydrogen-bond acceptors (Lipinski definition) is 4. The van der Waals surface area contributed by atoms with Gasteiger partial charge >= 0.3 is 5.97 Å². The van der Waals surface area contributed by atoms with Crippen molar-refractivity contribution < 1.29 is 14.3 Å². The molecular formula is C15H30N2O3. The molecule has 0 radical (unpaired) electrons. The van der Waals surface area contributed by atoms with Gasteiger partial charge in [0.1, 0.15) is 6.04 Å². The van der Waals surface area contributed by atoms with Crippen LogP contribution in [0.3, 0.4) is 0 Å². The van der Waals surface area contributed by atoms with Crippen molar-refractivity contribution >= 4 is 11.9 Å². The highest BCUT2D eigenvalue weighted by atomic mass is 16.5. The van der Waals surface area contributed by atoms with Gasteiger partial charge in [-0.2, -0.15) is 0 Å². The molecule has 0 heterocycles. The van der Waals surface area contributed by atoms with Gasteiger partial charge in [-0.15, -0.1) is 0 Å². The number of hydrogen-bond donors (Lipinski definition) is 1. The number of carbonyl (C=O) groups is 2. The second-order valence-corrected chi connectivity index (χ2v) is 6.07. The predicted octanol–water partition coefficient (Wildman–Crippen LogP) is 1.81. The lowest BCUT2D eigenvalue weighted by atomic mass is 10.0. The molecule has 0 aliphatic carbocycles. The summed E-state index contributed by atoms with van der Waals surface area (Å²) in [7, 11) is 1.37. The SMILES string of the molecule is COC(=O)C(CC(C)C)NCC(=O)N(C(C)C)C(C)C. The van der Waals surface area contributed by atoms with Crippen LogP contribution < -0.4 is 5.32 Å². The zero-order valence-corrected chi connectivity index (χ0v) is 13.9. The maximum Gasteiger partial charge on any atom is 0.322 e. The van der Waals surface area contributed by atoms with E-state index in [4.69, 9.17) is 4.74 Å². The standard InChI is InChI=1S/C15H30N2O3/c1-10(2)8-13(15(19)20-7)16-9-14(18)17(11(3)4)12(5)6/h10-13,16H,8-9H2,1-7H3. The Morgan fingerprint density at radius 3 is 1.90 bits per heavy atom. The summed E-state index contributed by atoms with van der Waals surface area (Å²) < 4.78 is 4.77. The van der Waals surface area contributed by atoms with Crippen LogP contribution in [0.25, 0.3) is 0 Å². The molecule has 118 valence electrons. The molecule has 0 aliphatic heterocycles. The van der Waals surface area contributed by atoms with Crippen LogP contribution in [0.15, 0.2) is 0 Å². The first-order valence-corrected chi connectivity index (χ1v) is 7.33. The highest BCUT2D eigenvalue weighted by Crippen LogP contribution is 2.08. The van der Waals surface area contributed by atoms with Gasteiger partial charge in [-0.25, -0.2) is 0 Å². The fourth-order valence-electron chi connectivity index (χ4n) is 2.35. The van der Waals surface area contributed by atoms with Crippen LogP contribution in [0.1, 0.15) is 48.0 Å². The van der Waals surface area contributed by atoms with E-state index in [0.717, 1.165) is 0 Å². The van der Waals surface area contributed by atoms with E-state index in [1.807, 2.05) is 46.4 Å². The summed E-state index contributed by atoms with van der Waals surface area (Å²) in [6, 6.07) is -0.137. The topological polar surface area (TPSA) is 58.6 Å². The molecular weight excluding hydrogens is 256 g/mol. The van der Waals surface area contributed by atoms with E-state index < -0.39 is 6.04 Å². The molecule has 0 saturated carbocycles. The molecule has 0 bridgehead atoms. The summed E-state index contributed by atoms with van der Waals surface area (Å²) in [6.07, 6.45) is 0.656. The molecule has 1 N–H and O–H groups in total. The number of amides is 1. The molecule has 0 fully saturated rings. The third-order valence-corrected chi connectivity index (χ3v) is 3.09. The van der Waals surface area contributed by atoms with E-state index in [1.165, 1.54) is 7.11 Å². The number of rotatable bonds is 8. The number of nitrogens with one attached hydrogen (secondary N) is 1. The van der Waals surface area contributed by atoms with Crippen molar-refractivity contribution in [2.24, 2.45) is 5.92 Å². The Labute approximate surface area is 123 Å².